The second-order valence-electron chi connectivity index (χ2n) is 7.67. The molecule has 5 nitrogen and oxygen atoms in total. The number of aryl methyl sites for hydroxylation is 1. The molecule has 0 unspecified atom stereocenters. The summed E-state index contributed by atoms with van der Waals surface area (Å²) in [5, 5.41) is 15.1. The fourth-order valence-corrected chi connectivity index (χ4v) is 3.74. The van der Waals surface area contributed by atoms with Crippen molar-refractivity contribution < 1.29 is 4.39 Å². The quantitative estimate of drug-likeness (QED) is 0.400. The minimum Gasteiger partial charge on any atom is -0.363 e. The van der Waals surface area contributed by atoms with Gasteiger partial charge in [0.2, 0.25) is 0 Å². The molecule has 2 aromatic heterocycles. The van der Waals surface area contributed by atoms with Gasteiger partial charge in [0.05, 0.1) is 17.1 Å². The number of benzene rings is 3. The van der Waals surface area contributed by atoms with Gasteiger partial charge in [-0.05, 0) is 65.2 Å². The Balaban J connectivity index is 1.41. The van der Waals surface area contributed by atoms with Crippen LogP contribution >= 0.6 is 0 Å². The SMILES string of the molecule is Cc1cnc2ccc(-c3ncnc(NCc4ccc5cc(C#N)ccc5c4)c3F)cc2c1. The number of pyridine rings is 1. The molecule has 0 radical (unpaired) electrons. The van der Waals surface area contributed by atoms with Crippen LogP contribution in [0.5, 0.6) is 0 Å². The highest BCUT2D eigenvalue weighted by Gasteiger charge is 2.14. The molecule has 0 amide bonds. The third-order valence-electron chi connectivity index (χ3n) is 5.37. The van der Waals surface area contributed by atoms with Crippen molar-refractivity contribution in [1.29, 1.82) is 5.26 Å². The first-order valence-electron chi connectivity index (χ1n) is 10.1. The summed E-state index contributed by atoms with van der Waals surface area (Å²) in [6.45, 7) is 2.38. The third kappa shape index (κ3) is 3.72. The van der Waals surface area contributed by atoms with Crippen molar-refractivity contribution in [3.63, 3.8) is 0 Å². The molecule has 32 heavy (non-hydrogen) atoms. The van der Waals surface area contributed by atoms with Gasteiger partial charge < -0.3 is 5.32 Å². The summed E-state index contributed by atoms with van der Waals surface area (Å²) in [6.07, 6.45) is 3.17. The molecule has 0 fully saturated rings. The number of nitriles is 1. The van der Waals surface area contributed by atoms with Crippen molar-refractivity contribution in [2.45, 2.75) is 13.5 Å². The van der Waals surface area contributed by atoms with E-state index in [-0.39, 0.29) is 11.5 Å². The van der Waals surface area contributed by atoms with Crippen LogP contribution in [0.4, 0.5) is 10.2 Å². The highest BCUT2D eigenvalue weighted by molar-refractivity contribution is 5.85. The zero-order chi connectivity index (χ0) is 22.1. The van der Waals surface area contributed by atoms with E-state index in [0.29, 0.717) is 17.7 Å². The van der Waals surface area contributed by atoms with Crippen molar-refractivity contribution in [1.82, 2.24) is 15.0 Å². The molecule has 1 N–H and O–H groups in total. The number of nitrogens with one attached hydrogen (secondary N) is 1. The van der Waals surface area contributed by atoms with E-state index in [4.69, 9.17) is 5.26 Å². The molecule has 0 spiro atoms. The van der Waals surface area contributed by atoms with E-state index in [1.54, 1.807) is 6.07 Å². The van der Waals surface area contributed by atoms with Crippen LogP contribution in [0.15, 0.2) is 73.2 Å². The third-order valence-corrected chi connectivity index (χ3v) is 5.37. The van der Waals surface area contributed by atoms with E-state index in [9.17, 15) is 0 Å². The Morgan fingerprint density at radius 2 is 1.75 bits per heavy atom. The minimum absolute atomic E-state index is 0.150. The molecule has 0 atom stereocenters. The van der Waals surface area contributed by atoms with Crippen LogP contribution in [0, 0.1) is 24.1 Å². The van der Waals surface area contributed by atoms with E-state index in [0.717, 1.165) is 32.8 Å². The lowest BCUT2D eigenvalue weighted by Gasteiger charge is -2.10. The number of halogens is 1. The molecule has 5 aromatic rings. The lowest BCUT2D eigenvalue weighted by Crippen LogP contribution is -2.05. The normalized spacial score (nSPS) is 10.9. The molecule has 0 aliphatic heterocycles. The van der Waals surface area contributed by atoms with Gasteiger partial charge in [0, 0.05) is 23.7 Å². The van der Waals surface area contributed by atoms with Crippen LogP contribution in [0.3, 0.4) is 0 Å². The predicted molar refractivity (Wildman–Crippen MR) is 123 cm³/mol. The van der Waals surface area contributed by atoms with Gasteiger partial charge in [0.25, 0.3) is 0 Å². The largest absolute Gasteiger partial charge is 0.363 e. The molecule has 0 saturated carbocycles. The summed E-state index contributed by atoms with van der Waals surface area (Å²) in [6, 6.07) is 21.2. The zero-order valence-corrected chi connectivity index (χ0v) is 17.3. The average Bonchev–Trinajstić information content (AvgIpc) is 2.82. The highest BCUT2D eigenvalue weighted by atomic mass is 19.1. The average molecular weight is 419 g/mol. The Morgan fingerprint density at radius 3 is 2.62 bits per heavy atom. The molecule has 0 bridgehead atoms. The Hall–Kier alpha value is -4.37. The van der Waals surface area contributed by atoms with Gasteiger partial charge in [0.1, 0.15) is 12.0 Å². The van der Waals surface area contributed by atoms with Gasteiger partial charge in [-0.25, -0.2) is 14.4 Å². The molecule has 2 heterocycles. The molecule has 6 heteroatoms. The maximum absolute atomic E-state index is 15.2. The molecule has 0 saturated heterocycles. The van der Waals surface area contributed by atoms with Gasteiger partial charge in [0.15, 0.2) is 11.6 Å². The Bertz CT molecular complexity index is 1520. The Labute approximate surface area is 184 Å². The topological polar surface area (TPSA) is 74.5 Å². The predicted octanol–water partition coefficient (Wildman–Crippen LogP) is 5.78. The van der Waals surface area contributed by atoms with Gasteiger partial charge in [-0.2, -0.15) is 5.26 Å². The van der Waals surface area contributed by atoms with Crippen molar-refractivity contribution in [3.05, 3.63) is 95.7 Å². The lowest BCUT2D eigenvalue weighted by atomic mass is 10.0. The molecule has 3 aromatic carbocycles. The van der Waals surface area contributed by atoms with Gasteiger partial charge >= 0.3 is 0 Å². The van der Waals surface area contributed by atoms with Crippen molar-refractivity contribution in [2.24, 2.45) is 0 Å². The molecule has 0 aliphatic rings. The highest BCUT2D eigenvalue weighted by Crippen LogP contribution is 2.27. The minimum atomic E-state index is -0.494. The molecule has 154 valence electrons. The van der Waals surface area contributed by atoms with Crippen molar-refractivity contribution in [3.8, 4) is 17.3 Å². The number of anilines is 1. The number of hydrogen-bond donors (Lipinski definition) is 1. The van der Waals surface area contributed by atoms with Crippen molar-refractivity contribution >= 4 is 27.5 Å². The number of aromatic nitrogens is 3. The zero-order valence-electron chi connectivity index (χ0n) is 17.3. The van der Waals surface area contributed by atoms with Gasteiger partial charge in [-0.3, -0.25) is 4.98 Å². The maximum atomic E-state index is 15.2. The number of hydrogen-bond acceptors (Lipinski definition) is 5. The standard InChI is InChI=1S/C26H18FN5/c1-16-8-22-11-21(6-7-23(22)29-13-16)25-24(27)26(32-15-31-25)30-14-18-3-5-19-9-17(12-28)2-4-20(19)10-18/h2-11,13,15H,14H2,1H3,(H,30,31,32). The van der Waals surface area contributed by atoms with Gasteiger partial charge in [-0.1, -0.05) is 24.3 Å². The summed E-state index contributed by atoms with van der Waals surface area (Å²) in [5.74, 6) is -0.343. The molecular weight excluding hydrogens is 401 g/mol. The number of rotatable bonds is 4. The Kier molecular flexibility index (Phi) is 4.92. The van der Waals surface area contributed by atoms with Crippen LogP contribution in [0.1, 0.15) is 16.7 Å². The summed E-state index contributed by atoms with van der Waals surface area (Å²) in [4.78, 5) is 12.7. The number of fused-ring (bicyclic) bond motifs is 2. The molecular formula is C26H18FN5. The van der Waals surface area contributed by atoms with Crippen LogP contribution in [-0.4, -0.2) is 15.0 Å². The summed E-state index contributed by atoms with van der Waals surface area (Å²) in [7, 11) is 0. The van der Waals surface area contributed by atoms with E-state index >= 15 is 4.39 Å². The maximum Gasteiger partial charge on any atom is 0.191 e. The second-order valence-corrected chi connectivity index (χ2v) is 7.67. The van der Waals surface area contributed by atoms with Crippen LogP contribution in [0.2, 0.25) is 0 Å². The monoisotopic (exact) mass is 419 g/mol. The van der Waals surface area contributed by atoms with Crippen LogP contribution in [0.25, 0.3) is 32.9 Å². The van der Waals surface area contributed by atoms with Crippen LogP contribution in [-0.2, 0) is 6.54 Å². The lowest BCUT2D eigenvalue weighted by molar-refractivity contribution is 0.621. The van der Waals surface area contributed by atoms with E-state index in [1.807, 2.05) is 67.7 Å². The fourth-order valence-electron chi connectivity index (χ4n) is 3.74. The first-order chi connectivity index (χ1) is 15.6. The summed E-state index contributed by atoms with van der Waals surface area (Å²) in [5.41, 5.74) is 4.41. The van der Waals surface area contributed by atoms with E-state index in [2.05, 4.69) is 26.3 Å². The van der Waals surface area contributed by atoms with E-state index in [1.165, 1.54) is 6.33 Å². The van der Waals surface area contributed by atoms with Crippen LogP contribution < -0.4 is 5.32 Å². The second kappa shape index (κ2) is 8.05. The van der Waals surface area contributed by atoms with Gasteiger partial charge in [-0.15, -0.1) is 0 Å². The Morgan fingerprint density at radius 1 is 0.906 bits per heavy atom. The van der Waals surface area contributed by atoms with E-state index < -0.39 is 5.82 Å². The fraction of sp³-hybridized carbons (Fsp3) is 0.0769. The first kappa shape index (κ1) is 19.6. The molecule has 0 aliphatic carbocycles. The number of nitrogens with zero attached hydrogens (tertiary/aromatic N) is 4. The summed E-state index contributed by atoms with van der Waals surface area (Å²) < 4.78 is 15.2. The smallest absolute Gasteiger partial charge is 0.191 e. The summed E-state index contributed by atoms with van der Waals surface area (Å²) >= 11 is 0. The molecule has 5 rings (SSSR count). The first-order valence-corrected chi connectivity index (χ1v) is 10.1. The van der Waals surface area contributed by atoms with Crippen molar-refractivity contribution in [2.75, 3.05) is 5.32 Å².